The second-order valence-corrected chi connectivity index (χ2v) is 7.04. The van der Waals surface area contributed by atoms with Gasteiger partial charge in [0.2, 0.25) is 5.78 Å². The van der Waals surface area contributed by atoms with Crippen molar-refractivity contribution in [3.05, 3.63) is 59.0 Å². The summed E-state index contributed by atoms with van der Waals surface area (Å²) in [5.74, 6) is 1.48. The number of ketones is 1. The monoisotopic (exact) mass is 397 g/mol. The predicted molar refractivity (Wildman–Crippen MR) is 110 cm³/mol. The molecule has 0 saturated heterocycles. The number of phenols is 1. The fourth-order valence-electron chi connectivity index (χ4n) is 3.65. The molecule has 0 saturated carbocycles. The van der Waals surface area contributed by atoms with E-state index in [-0.39, 0.29) is 22.9 Å². The summed E-state index contributed by atoms with van der Waals surface area (Å²) in [5, 5.41) is 11.0. The minimum absolute atomic E-state index is 0.0752. The van der Waals surface area contributed by atoms with E-state index in [1.165, 1.54) is 6.07 Å². The predicted octanol–water partition coefficient (Wildman–Crippen LogP) is 4.91. The van der Waals surface area contributed by atoms with Crippen LogP contribution in [0.15, 0.2) is 42.2 Å². The molecule has 3 aromatic rings. The number of carbonyl (C=O) groups excluding carboxylic acids is 1. The van der Waals surface area contributed by atoms with Crippen LogP contribution in [0.2, 0.25) is 0 Å². The summed E-state index contributed by atoms with van der Waals surface area (Å²) in [6, 6.07) is 10.7. The lowest BCUT2D eigenvalue weighted by molar-refractivity contribution is 0.101. The number of fused-ring (bicyclic) bond motifs is 2. The van der Waals surface area contributed by atoms with E-state index >= 15 is 0 Å². The number of methoxy groups -OCH3 is 1. The quantitative estimate of drug-likeness (QED) is 0.491. The second kappa shape index (κ2) is 7.24. The molecule has 1 aliphatic rings. The van der Waals surface area contributed by atoms with Crippen molar-refractivity contribution in [3.8, 4) is 17.2 Å². The molecule has 0 spiro atoms. The van der Waals surface area contributed by atoms with Gasteiger partial charge in [0.1, 0.15) is 22.8 Å². The third-order valence-electron chi connectivity index (χ3n) is 5.05. The highest BCUT2D eigenvalue weighted by Crippen LogP contribution is 2.39. The molecule has 0 bridgehead atoms. The zero-order chi connectivity index (χ0) is 19.8. The molecule has 144 valence electrons. The molecule has 0 fully saturated rings. The Labute approximate surface area is 167 Å². The van der Waals surface area contributed by atoms with E-state index in [0.29, 0.717) is 11.6 Å². The van der Waals surface area contributed by atoms with E-state index in [1.807, 2.05) is 25.1 Å². The van der Waals surface area contributed by atoms with Crippen LogP contribution < -0.4 is 9.47 Å². The molecule has 1 N–H and O–H groups in total. The van der Waals surface area contributed by atoms with Gasteiger partial charge < -0.3 is 19.1 Å². The number of Topliss-reactive ketones (excluding diaryl/α,β-unsaturated/α-hetero) is 1. The largest absolute Gasteiger partial charge is 0.507 e. The maximum atomic E-state index is 12.8. The molecule has 0 radical (unpaired) electrons. The Morgan fingerprint density at radius 2 is 2.11 bits per heavy atom. The van der Waals surface area contributed by atoms with Crippen molar-refractivity contribution in [3.63, 3.8) is 0 Å². The summed E-state index contributed by atoms with van der Waals surface area (Å²) in [4.78, 5) is 12.8. The summed E-state index contributed by atoms with van der Waals surface area (Å²) in [6.45, 7) is 2.79. The van der Waals surface area contributed by atoms with Gasteiger partial charge in [-0.2, -0.15) is 0 Å². The van der Waals surface area contributed by atoms with Crippen LogP contribution in [0, 0.1) is 6.92 Å². The van der Waals surface area contributed by atoms with Gasteiger partial charge in [-0.3, -0.25) is 4.79 Å². The molecule has 2 aromatic carbocycles. The Morgan fingerprint density at radius 3 is 2.82 bits per heavy atom. The van der Waals surface area contributed by atoms with E-state index in [4.69, 9.17) is 21.1 Å². The smallest absolute Gasteiger partial charge is 0.235 e. The highest BCUT2D eigenvalue weighted by Gasteiger charge is 2.31. The van der Waals surface area contributed by atoms with Crippen molar-refractivity contribution < 1.29 is 19.4 Å². The van der Waals surface area contributed by atoms with Gasteiger partial charge in [-0.15, -0.1) is 11.6 Å². The van der Waals surface area contributed by atoms with E-state index in [9.17, 15) is 9.90 Å². The average Bonchev–Trinajstić information content (AvgIpc) is 3.15. The lowest BCUT2D eigenvalue weighted by atomic mass is 10.1. The van der Waals surface area contributed by atoms with E-state index in [1.54, 1.807) is 25.3 Å². The van der Waals surface area contributed by atoms with E-state index in [0.717, 1.165) is 40.9 Å². The van der Waals surface area contributed by atoms with Crippen LogP contribution in [0.5, 0.6) is 17.2 Å². The molecule has 0 atom stereocenters. The number of halogens is 1. The van der Waals surface area contributed by atoms with Gasteiger partial charge in [-0.25, -0.2) is 0 Å². The summed E-state index contributed by atoms with van der Waals surface area (Å²) in [6.07, 6.45) is 2.58. The zero-order valence-corrected chi connectivity index (χ0v) is 16.4. The lowest BCUT2D eigenvalue weighted by Crippen LogP contribution is -2.02. The van der Waals surface area contributed by atoms with Gasteiger partial charge in [-0.1, -0.05) is 6.07 Å². The van der Waals surface area contributed by atoms with Crippen LogP contribution in [-0.4, -0.2) is 28.4 Å². The first-order chi connectivity index (χ1) is 13.5. The van der Waals surface area contributed by atoms with Crippen molar-refractivity contribution in [2.24, 2.45) is 0 Å². The summed E-state index contributed by atoms with van der Waals surface area (Å²) < 4.78 is 13.3. The molecular weight excluding hydrogens is 378 g/mol. The highest BCUT2D eigenvalue weighted by molar-refractivity contribution is 6.18. The maximum Gasteiger partial charge on any atom is 0.235 e. The van der Waals surface area contributed by atoms with Crippen LogP contribution in [0.1, 0.15) is 28.0 Å². The average molecular weight is 398 g/mol. The number of ether oxygens (including phenoxy) is 2. The lowest BCUT2D eigenvalue weighted by Gasteiger charge is -2.07. The molecule has 1 aromatic heterocycles. The van der Waals surface area contributed by atoms with Gasteiger partial charge in [0.15, 0.2) is 5.76 Å². The molecule has 5 nitrogen and oxygen atoms in total. The van der Waals surface area contributed by atoms with Gasteiger partial charge in [-0.05, 0) is 49.8 Å². The van der Waals surface area contributed by atoms with E-state index in [2.05, 4.69) is 4.57 Å². The number of phenolic OH excluding ortho intramolecular Hbond substituents is 1. The number of hydrogen-bond acceptors (Lipinski definition) is 4. The molecule has 28 heavy (non-hydrogen) atoms. The molecule has 2 heterocycles. The number of alkyl halides is 1. The van der Waals surface area contributed by atoms with E-state index < -0.39 is 0 Å². The van der Waals surface area contributed by atoms with Crippen molar-refractivity contribution in [1.29, 1.82) is 0 Å². The fourth-order valence-corrected chi connectivity index (χ4v) is 3.77. The summed E-state index contributed by atoms with van der Waals surface area (Å²) in [5.41, 5.74) is 3.15. The summed E-state index contributed by atoms with van der Waals surface area (Å²) >= 11 is 5.90. The minimum Gasteiger partial charge on any atom is -0.507 e. The number of rotatable bonds is 5. The number of aryl methyl sites for hydroxylation is 1. The van der Waals surface area contributed by atoms with Crippen LogP contribution >= 0.6 is 11.6 Å². The van der Waals surface area contributed by atoms with Crippen molar-refractivity contribution in [2.75, 3.05) is 13.0 Å². The van der Waals surface area contributed by atoms with Crippen molar-refractivity contribution in [2.45, 2.75) is 19.9 Å². The Bertz CT molecular complexity index is 1110. The first-order valence-electron chi connectivity index (χ1n) is 9.04. The Balaban J connectivity index is 1.87. The van der Waals surface area contributed by atoms with Crippen LogP contribution in [0.3, 0.4) is 0 Å². The third-order valence-corrected chi connectivity index (χ3v) is 5.31. The van der Waals surface area contributed by atoms with Crippen molar-refractivity contribution >= 4 is 34.4 Å². The number of aromatic nitrogens is 1. The SMILES string of the molecule is COc1ccc2c(c1)c(C=C1Oc3cccc(O)c3C1=O)c(C)n2CCCCl. The summed E-state index contributed by atoms with van der Waals surface area (Å²) in [7, 11) is 1.62. The molecule has 0 amide bonds. The Kier molecular flexibility index (Phi) is 4.77. The second-order valence-electron chi connectivity index (χ2n) is 6.67. The Hall–Kier alpha value is -2.92. The molecule has 4 rings (SSSR count). The van der Waals surface area contributed by atoms with Gasteiger partial charge in [0.25, 0.3) is 0 Å². The van der Waals surface area contributed by atoms with Gasteiger partial charge >= 0.3 is 0 Å². The zero-order valence-electron chi connectivity index (χ0n) is 15.7. The number of nitrogens with zero attached hydrogens (tertiary/aromatic N) is 1. The van der Waals surface area contributed by atoms with Crippen LogP contribution in [0.25, 0.3) is 17.0 Å². The minimum atomic E-state index is -0.322. The molecular formula is C22H20ClNO4. The van der Waals surface area contributed by atoms with Gasteiger partial charge in [0.05, 0.1) is 7.11 Å². The first kappa shape index (κ1) is 18.4. The number of carbonyl (C=O) groups is 1. The number of hydrogen-bond donors (Lipinski definition) is 1. The number of benzene rings is 2. The highest BCUT2D eigenvalue weighted by atomic mass is 35.5. The topological polar surface area (TPSA) is 60.7 Å². The van der Waals surface area contributed by atoms with Crippen molar-refractivity contribution in [1.82, 2.24) is 4.57 Å². The fraction of sp³-hybridized carbons (Fsp3) is 0.227. The molecule has 0 unspecified atom stereocenters. The Morgan fingerprint density at radius 1 is 1.29 bits per heavy atom. The third kappa shape index (κ3) is 2.92. The van der Waals surface area contributed by atoms with Crippen LogP contribution in [-0.2, 0) is 6.54 Å². The molecule has 6 heteroatoms. The number of allylic oxidation sites excluding steroid dienone is 1. The standard InChI is InChI=1S/C22H20ClNO4/c1-13-15(12-20-22(26)21-18(25)5-3-6-19(21)28-20)16-11-14(27-2)7-8-17(16)24(13)10-4-9-23/h3,5-8,11-12,25H,4,9-10H2,1-2H3. The molecule has 1 aliphatic heterocycles. The maximum absolute atomic E-state index is 12.8. The van der Waals surface area contributed by atoms with Crippen LogP contribution in [0.4, 0.5) is 0 Å². The van der Waals surface area contributed by atoms with Gasteiger partial charge in [0, 0.05) is 34.6 Å². The number of aromatic hydroxyl groups is 1. The molecule has 0 aliphatic carbocycles. The first-order valence-corrected chi connectivity index (χ1v) is 9.57. The normalized spacial score (nSPS) is 14.5.